The van der Waals surface area contributed by atoms with Crippen molar-refractivity contribution in [1.82, 2.24) is 27.2 Å². The van der Waals surface area contributed by atoms with Crippen LogP contribution in [0.3, 0.4) is 0 Å². The van der Waals surface area contributed by atoms with E-state index in [0.717, 1.165) is 0 Å². The number of rotatable bonds is 6. The maximum Gasteiger partial charge on any atom is 0.0613 e. The minimum atomic E-state index is 0.541. The molecule has 0 aromatic heterocycles. The van der Waals surface area contributed by atoms with Crippen LogP contribution in [0, 0.1) is 0 Å². The Morgan fingerprint density at radius 2 is 1.89 bits per heavy atom. The first-order valence-corrected chi connectivity index (χ1v) is 2.49. The molecule has 0 aromatic rings. The fourth-order valence-electron chi connectivity index (χ4n) is 0.292. The zero-order valence-corrected chi connectivity index (χ0v) is 5.07. The van der Waals surface area contributed by atoms with Gasteiger partial charge in [0.05, 0.1) is 13.3 Å². The van der Waals surface area contributed by atoms with E-state index in [2.05, 4.69) is 27.2 Å². The van der Waals surface area contributed by atoms with Gasteiger partial charge in [-0.1, -0.05) is 0 Å². The van der Waals surface area contributed by atoms with Crippen molar-refractivity contribution in [3.05, 3.63) is 0 Å². The van der Waals surface area contributed by atoms with Crippen molar-refractivity contribution in [2.75, 3.05) is 13.3 Å². The highest BCUT2D eigenvalue weighted by Gasteiger charge is 1.78. The first-order chi connectivity index (χ1) is 4.41. The molecule has 0 fully saturated rings. The van der Waals surface area contributed by atoms with Gasteiger partial charge in [-0.2, -0.15) is 11.1 Å². The van der Waals surface area contributed by atoms with Crippen LogP contribution in [0.4, 0.5) is 0 Å². The Balaban J connectivity index is 2.60. The van der Waals surface area contributed by atoms with E-state index in [-0.39, 0.29) is 0 Å². The van der Waals surface area contributed by atoms with E-state index < -0.39 is 0 Å². The Morgan fingerprint density at radius 1 is 1.11 bits per heavy atom. The average Bonchev–Trinajstić information content (AvgIpc) is 1.89. The van der Waals surface area contributed by atoms with E-state index in [4.69, 9.17) is 11.7 Å². The van der Waals surface area contributed by atoms with E-state index >= 15 is 0 Å². The van der Waals surface area contributed by atoms with Crippen LogP contribution in [0.2, 0.25) is 0 Å². The normalized spacial score (nSPS) is 10.0. The Morgan fingerprint density at radius 3 is 2.44 bits per heavy atom. The van der Waals surface area contributed by atoms with E-state index in [1.165, 1.54) is 0 Å². The van der Waals surface area contributed by atoms with Crippen molar-refractivity contribution in [2.24, 2.45) is 11.7 Å². The second-order valence-electron chi connectivity index (χ2n) is 1.25. The summed E-state index contributed by atoms with van der Waals surface area (Å²) in [5.74, 6) is 9.79. The van der Waals surface area contributed by atoms with Gasteiger partial charge in [0.25, 0.3) is 0 Å². The Bertz CT molecular complexity index is 40.2. The Hall–Kier alpha value is -0.280. The minimum Gasteiger partial charge on any atom is -0.290 e. The summed E-state index contributed by atoms with van der Waals surface area (Å²) in [6, 6.07) is 0. The van der Waals surface area contributed by atoms with Crippen molar-refractivity contribution in [3.8, 4) is 0 Å². The predicted molar refractivity (Wildman–Crippen MR) is 33.8 cm³/mol. The minimum absolute atomic E-state index is 0.541. The van der Waals surface area contributed by atoms with Crippen molar-refractivity contribution >= 4 is 0 Å². The van der Waals surface area contributed by atoms with Crippen LogP contribution in [0.25, 0.3) is 0 Å². The third kappa shape index (κ3) is 7.72. The molecule has 0 amide bonds. The molecule has 0 aromatic carbocycles. The van der Waals surface area contributed by atoms with Gasteiger partial charge in [0, 0.05) is 0 Å². The zero-order chi connectivity index (χ0) is 6.95. The summed E-state index contributed by atoms with van der Waals surface area (Å²) in [4.78, 5) is 0. The van der Waals surface area contributed by atoms with Gasteiger partial charge < -0.3 is 0 Å². The van der Waals surface area contributed by atoms with E-state index in [1.54, 1.807) is 0 Å². The lowest BCUT2D eigenvalue weighted by Crippen LogP contribution is -2.51. The molecule has 0 radical (unpaired) electrons. The lowest BCUT2D eigenvalue weighted by molar-refractivity contribution is 0.413. The molecule has 7 nitrogen and oxygen atoms in total. The van der Waals surface area contributed by atoms with Crippen molar-refractivity contribution in [1.29, 1.82) is 0 Å². The van der Waals surface area contributed by atoms with E-state index in [1.807, 2.05) is 0 Å². The quantitative estimate of drug-likeness (QED) is 0.0872. The topological polar surface area (TPSA) is 112 Å². The number of hydrogen-bond acceptors (Lipinski definition) is 7. The molecule has 0 aliphatic heterocycles. The maximum absolute atomic E-state index is 4.94. The van der Waals surface area contributed by atoms with Gasteiger partial charge in [-0.15, -0.1) is 0 Å². The fraction of sp³-hybridized carbons (Fsp3) is 1.00. The van der Waals surface area contributed by atoms with Crippen LogP contribution in [-0.4, -0.2) is 13.3 Å². The summed E-state index contributed by atoms with van der Waals surface area (Å²) < 4.78 is 0. The molecule has 0 aliphatic rings. The van der Waals surface area contributed by atoms with Crippen LogP contribution in [0.1, 0.15) is 0 Å². The molecule has 0 spiro atoms. The lowest BCUT2D eigenvalue weighted by atomic mass is 11.0. The summed E-state index contributed by atoms with van der Waals surface area (Å²) in [5.41, 5.74) is 9.74. The van der Waals surface area contributed by atoms with Gasteiger partial charge >= 0.3 is 0 Å². The molecule has 9 heavy (non-hydrogen) atoms. The van der Waals surface area contributed by atoms with Gasteiger partial charge in [-0.25, -0.2) is 10.9 Å². The number of hydrogen-bond donors (Lipinski definition) is 7. The average molecular weight is 135 g/mol. The molecule has 7 heteroatoms. The molecule has 0 saturated heterocycles. The van der Waals surface area contributed by atoms with Gasteiger partial charge in [-0.3, -0.25) is 17.0 Å². The van der Waals surface area contributed by atoms with Crippen molar-refractivity contribution in [3.63, 3.8) is 0 Å². The lowest BCUT2D eigenvalue weighted by Gasteiger charge is -2.05. The number of nitrogens with two attached hydrogens (primary N) is 2. The van der Waals surface area contributed by atoms with Crippen molar-refractivity contribution in [2.45, 2.75) is 0 Å². The number of nitrogens with one attached hydrogen (secondary N) is 5. The summed E-state index contributed by atoms with van der Waals surface area (Å²) in [6.07, 6.45) is 0. The van der Waals surface area contributed by atoms with Crippen molar-refractivity contribution < 1.29 is 0 Å². The van der Waals surface area contributed by atoms with Crippen LogP contribution in [0.5, 0.6) is 0 Å². The molecular formula is C2H13N7. The monoisotopic (exact) mass is 135 g/mol. The molecule has 0 rings (SSSR count). The molecule has 0 heterocycles. The summed E-state index contributed by atoms with van der Waals surface area (Å²) >= 11 is 0. The van der Waals surface area contributed by atoms with E-state index in [0.29, 0.717) is 13.3 Å². The number of hydrazine groups is 4. The maximum atomic E-state index is 4.94. The van der Waals surface area contributed by atoms with Crippen LogP contribution in [0.15, 0.2) is 0 Å². The fourth-order valence-corrected chi connectivity index (χ4v) is 0.292. The smallest absolute Gasteiger partial charge is 0.0613 e. The first-order valence-electron chi connectivity index (χ1n) is 2.49. The third-order valence-electron chi connectivity index (χ3n) is 0.601. The summed E-state index contributed by atoms with van der Waals surface area (Å²) in [6.45, 7) is 1.10. The molecule has 0 aliphatic carbocycles. The van der Waals surface area contributed by atoms with E-state index in [9.17, 15) is 0 Å². The largest absolute Gasteiger partial charge is 0.290 e. The zero-order valence-electron chi connectivity index (χ0n) is 5.07. The van der Waals surface area contributed by atoms with Crippen LogP contribution < -0.4 is 38.9 Å². The second kappa shape index (κ2) is 7.72. The first kappa shape index (κ1) is 8.72. The highest BCUT2D eigenvalue weighted by atomic mass is 15.7. The second-order valence-corrected chi connectivity index (χ2v) is 1.25. The standard InChI is InChI=1S/C2H13N7/c3-6-1-5-2-7-9-8-4/h5-9H,1-4H2. The molecule has 9 N–H and O–H groups in total. The highest BCUT2D eigenvalue weighted by molar-refractivity contribution is 4.32. The molecule has 0 atom stereocenters. The molecule has 0 bridgehead atoms. The SMILES string of the molecule is NNCNCNNNN. The van der Waals surface area contributed by atoms with Crippen LogP contribution >= 0.6 is 0 Å². The molecule has 0 unspecified atom stereocenters. The van der Waals surface area contributed by atoms with Gasteiger partial charge in [0.2, 0.25) is 0 Å². The Kier molecular flexibility index (Phi) is 7.48. The highest BCUT2D eigenvalue weighted by Crippen LogP contribution is 1.40. The van der Waals surface area contributed by atoms with Crippen LogP contribution in [-0.2, 0) is 0 Å². The predicted octanol–water partition coefficient (Wildman–Crippen LogP) is -3.57. The third-order valence-corrected chi connectivity index (χ3v) is 0.601. The van der Waals surface area contributed by atoms with Gasteiger partial charge in [0.1, 0.15) is 0 Å². The molecule has 0 saturated carbocycles. The molecule has 56 valence electrons. The Labute approximate surface area is 53.4 Å². The van der Waals surface area contributed by atoms with Gasteiger partial charge in [-0.05, 0) is 0 Å². The molecular weight excluding hydrogens is 122 g/mol. The summed E-state index contributed by atoms with van der Waals surface area (Å²) in [5, 5.41) is 2.86. The van der Waals surface area contributed by atoms with Gasteiger partial charge in [0.15, 0.2) is 0 Å². The summed E-state index contributed by atoms with van der Waals surface area (Å²) in [7, 11) is 0.